The van der Waals surface area contributed by atoms with Crippen LogP contribution in [0.3, 0.4) is 0 Å². The molecule has 0 aliphatic carbocycles. The summed E-state index contributed by atoms with van der Waals surface area (Å²) in [4.78, 5) is 37.7. The van der Waals surface area contributed by atoms with Gasteiger partial charge in [-0.25, -0.2) is 4.39 Å². The van der Waals surface area contributed by atoms with Gasteiger partial charge in [-0.3, -0.25) is 14.4 Å². The largest absolute Gasteiger partial charge is 0.416 e. The number of halogens is 4. The first kappa shape index (κ1) is 22.0. The van der Waals surface area contributed by atoms with Crippen LogP contribution in [-0.4, -0.2) is 48.3 Å². The highest BCUT2D eigenvalue weighted by Crippen LogP contribution is 2.31. The molecule has 3 rings (SSSR count). The molecule has 2 N–H and O–H groups in total. The van der Waals surface area contributed by atoms with E-state index in [1.54, 1.807) is 4.90 Å². The van der Waals surface area contributed by atoms with E-state index in [-0.39, 0.29) is 35.4 Å². The van der Waals surface area contributed by atoms with Gasteiger partial charge in [-0.2, -0.15) is 13.2 Å². The Morgan fingerprint density at radius 1 is 1.13 bits per heavy atom. The van der Waals surface area contributed by atoms with Crippen molar-refractivity contribution in [2.45, 2.75) is 44.6 Å². The van der Waals surface area contributed by atoms with E-state index in [9.17, 15) is 31.9 Å². The summed E-state index contributed by atoms with van der Waals surface area (Å²) >= 11 is 0. The molecule has 0 spiro atoms. The van der Waals surface area contributed by atoms with Crippen LogP contribution in [0.15, 0.2) is 18.2 Å². The lowest BCUT2D eigenvalue weighted by Crippen LogP contribution is -2.48. The van der Waals surface area contributed by atoms with Crippen LogP contribution in [-0.2, 0) is 22.4 Å². The number of nitrogens with zero attached hydrogens (tertiary/aromatic N) is 1. The van der Waals surface area contributed by atoms with Crippen LogP contribution < -0.4 is 10.6 Å². The van der Waals surface area contributed by atoms with Gasteiger partial charge in [0.25, 0.3) is 5.91 Å². The first-order valence-electron chi connectivity index (χ1n) is 9.81. The van der Waals surface area contributed by atoms with Gasteiger partial charge in [-0.1, -0.05) is 0 Å². The van der Waals surface area contributed by atoms with Crippen LogP contribution in [0.25, 0.3) is 0 Å². The van der Waals surface area contributed by atoms with Gasteiger partial charge >= 0.3 is 6.18 Å². The Morgan fingerprint density at radius 3 is 2.40 bits per heavy atom. The van der Waals surface area contributed by atoms with E-state index in [1.165, 1.54) is 0 Å². The summed E-state index contributed by atoms with van der Waals surface area (Å²) in [6.45, 7) is 0.128. The first-order chi connectivity index (χ1) is 14.2. The molecule has 6 nitrogen and oxygen atoms in total. The zero-order valence-corrected chi connectivity index (χ0v) is 16.2. The van der Waals surface area contributed by atoms with E-state index in [4.69, 9.17) is 0 Å². The van der Waals surface area contributed by atoms with Gasteiger partial charge in [0.15, 0.2) is 0 Å². The monoisotopic (exact) mass is 429 g/mol. The molecule has 3 amide bonds. The average Bonchev–Trinajstić information content (AvgIpc) is 3.17. The fourth-order valence-electron chi connectivity index (χ4n) is 3.78. The topological polar surface area (TPSA) is 78.5 Å². The van der Waals surface area contributed by atoms with Crippen LogP contribution in [0.2, 0.25) is 0 Å². The number of benzene rings is 1. The number of hydrogen-bond donors (Lipinski definition) is 2. The van der Waals surface area contributed by atoms with Gasteiger partial charge in [-0.15, -0.1) is 0 Å². The van der Waals surface area contributed by atoms with Crippen molar-refractivity contribution >= 4 is 17.7 Å². The predicted molar refractivity (Wildman–Crippen MR) is 99.1 cm³/mol. The van der Waals surface area contributed by atoms with E-state index in [2.05, 4.69) is 10.6 Å². The minimum atomic E-state index is -4.67. The first-order valence-corrected chi connectivity index (χ1v) is 9.81. The van der Waals surface area contributed by atoms with E-state index < -0.39 is 30.4 Å². The van der Waals surface area contributed by atoms with Crippen molar-refractivity contribution in [1.82, 2.24) is 15.5 Å². The smallest absolute Gasteiger partial charge is 0.352 e. The lowest BCUT2D eigenvalue weighted by molar-refractivity contribution is -0.137. The van der Waals surface area contributed by atoms with Crippen molar-refractivity contribution in [1.29, 1.82) is 0 Å². The molecule has 10 heteroatoms. The molecule has 0 aromatic heterocycles. The second kappa shape index (κ2) is 9.01. The summed E-state index contributed by atoms with van der Waals surface area (Å²) in [7, 11) is 0. The Hall–Kier alpha value is -2.65. The lowest BCUT2D eigenvalue weighted by atomic mass is 9.96. The minimum absolute atomic E-state index is 0.0719. The fourth-order valence-corrected chi connectivity index (χ4v) is 3.78. The Labute approximate surface area is 171 Å². The number of alkyl halides is 4. The van der Waals surface area contributed by atoms with E-state index in [0.29, 0.717) is 50.9 Å². The molecule has 2 saturated heterocycles. The fraction of sp³-hybridized carbons (Fsp3) is 0.550. The Morgan fingerprint density at radius 2 is 1.83 bits per heavy atom. The second-order valence-corrected chi connectivity index (χ2v) is 7.69. The summed E-state index contributed by atoms with van der Waals surface area (Å²) < 4.78 is 51.7. The number of amides is 3. The molecular weight excluding hydrogens is 406 g/mol. The Bertz CT molecular complexity index is 820. The van der Waals surface area contributed by atoms with Gasteiger partial charge in [-0.05, 0) is 48.9 Å². The Balaban J connectivity index is 1.51. The minimum Gasteiger partial charge on any atom is -0.352 e. The standard InChI is InChI=1S/C20H23F4N3O3/c21-10-13-7-14(9-15(8-13)20(22,23)24)18(29)25-11-12-3-5-27(6-4-12)19(30)16-1-2-17(28)26-16/h7-9,12,16H,1-6,10-11H2,(H,25,29)(H,26,28)/t16-/m1/s1. The van der Waals surface area contributed by atoms with Gasteiger partial charge in [0, 0.05) is 31.6 Å². The highest BCUT2D eigenvalue weighted by molar-refractivity contribution is 5.94. The number of hydrogen-bond acceptors (Lipinski definition) is 3. The molecule has 2 aliphatic heterocycles. The van der Waals surface area contributed by atoms with Crippen LogP contribution in [0.1, 0.15) is 47.2 Å². The number of piperidine rings is 1. The van der Waals surface area contributed by atoms with Crippen molar-refractivity contribution in [3.05, 3.63) is 34.9 Å². The highest BCUT2D eigenvalue weighted by atomic mass is 19.4. The second-order valence-electron chi connectivity index (χ2n) is 7.69. The quantitative estimate of drug-likeness (QED) is 0.706. The van der Waals surface area contributed by atoms with Crippen LogP contribution in [0.4, 0.5) is 17.6 Å². The van der Waals surface area contributed by atoms with Crippen molar-refractivity contribution in [3.63, 3.8) is 0 Å². The third-order valence-corrected chi connectivity index (χ3v) is 5.51. The van der Waals surface area contributed by atoms with Crippen LogP contribution in [0.5, 0.6) is 0 Å². The summed E-state index contributed by atoms with van der Waals surface area (Å²) in [5.74, 6) is -0.854. The lowest BCUT2D eigenvalue weighted by Gasteiger charge is -2.33. The number of nitrogens with one attached hydrogen (secondary N) is 2. The molecule has 2 heterocycles. The molecule has 1 aromatic carbocycles. The van der Waals surface area contributed by atoms with Crippen LogP contribution >= 0.6 is 0 Å². The zero-order chi connectivity index (χ0) is 21.9. The molecule has 0 unspecified atom stereocenters. The normalized spacial score (nSPS) is 20.2. The molecule has 1 atom stereocenters. The van der Waals surface area contributed by atoms with Gasteiger partial charge < -0.3 is 15.5 Å². The SMILES string of the molecule is O=C1CC[C@H](C(=O)N2CCC(CNC(=O)c3cc(CF)cc(C(F)(F)F)c3)CC2)N1. The highest BCUT2D eigenvalue weighted by Gasteiger charge is 2.33. The maximum absolute atomic E-state index is 13.0. The third-order valence-electron chi connectivity index (χ3n) is 5.51. The molecular formula is C20H23F4N3O3. The summed E-state index contributed by atoms with van der Waals surface area (Å²) in [6.07, 6.45) is -2.57. The van der Waals surface area contributed by atoms with Gasteiger partial charge in [0.05, 0.1) is 5.56 Å². The van der Waals surface area contributed by atoms with Crippen molar-refractivity contribution in [2.75, 3.05) is 19.6 Å². The Kier molecular flexibility index (Phi) is 6.62. The van der Waals surface area contributed by atoms with Crippen molar-refractivity contribution in [3.8, 4) is 0 Å². The number of likely N-dealkylation sites (tertiary alicyclic amines) is 1. The molecule has 164 valence electrons. The van der Waals surface area contributed by atoms with E-state index >= 15 is 0 Å². The summed E-state index contributed by atoms with van der Waals surface area (Å²) in [5, 5.41) is 5.27. The number of carbonyl (C=O) groups is 3. The van der Waals surface area contributed by atoms with E-state index in [0.717, 1.165) is 6.07 Å². The van der Waals surface area contributed by atoms with Gasteiger partial charge in [0.1, 0.15) is 12.7 Å². The molecule has 2 aliphatic rings. The molecule has 30 heavy (non-hydrogen) atoms. The maximum Gasteiger partial charge on any atom is 0.416 e. The van der Waals surface area contributed by atoms with E-state index in [1.807, 2.05) is 0 Å². The van der Waals surface area contributed by atoms with Crippen LogP contribution in [0, 0.1) is 5.92 Å². The zero-order valence-electron chi connectivity index (χ0n) is 16.2. The number of rotatable bonds is 5. The average molecular weight is 429 g/mol. The molecule has 2 fully saturated rings. The summed E-state index contributed by atoms with van der Waals surface area (Å²) in [5.41, 5.74) is -1.50. The molecule has 1 aromatic rings. The van der Waals surface area contributed by atoms with Crippen molar-refractivity contribution < 1.29 is 31.9 Å². The maximum atomic E-state index is 13.0. The predicted octanol–water partition coefficient (Wildman–Crippen LogP) is 2.42. The molecule has 0 radical (unpaired) electrons. The molecule has 0 bridgehead atoms. The molecule has 0 saturated carbocycles. The summed E-state index contributed by atoms with van der Waals surface area (Å²) in [6, 6.07) is 2.04. The van der Waals surface area contributed by atoms with Crippen molar-refractivity contribution in [2.24, 2.45) is 5.92 Å². The number of carbonyl (C=O) groups excluding carboxylic acids is 3. The third kappa shape index (κ3) is 5.28. The van der Waals surface area contributed by atoms with Gasteiger partial charge in [0.2, 0.25) is 11.8 Å².